The molecule has 3 aromatic rings. The SMILES string of the molecule is CC(C)c1cc2c(c(-c3ccc(F)cc3)c1[C@@H](F)c1ccc(C(F)(F)F)cc1)[C@@H](O)CC1(CCC1)C2. The fourth-order valence-corrected chi connectivity index (χ4v) is 6.05. The van der Waals surface area contributed by atoms with E-state index in [4.69, 9.17) is 0 Å². The fourth-order valence-electron chi connectivity index (χ4n) is 6.05. The zero-order valence-corrected chi connectivity index (χ0v) is 20.3. The van der Waals surface area contributed by atoms with E-state index in [1.54, 1.807) is 12.1 Å². The largest absolute Gasteiger partial charge is 0.416 e. The van der Waals surface area contributed by atoms with Gasteiger partial charge in [-0.05, 0) is 94.7 Å². The number of rotatable bonds is 4. The van der Waals surface area contributed by atoms with Crippen molar-refractivity contribution in [1.82, 2.24) is 0 Å². The van der Waals surface area contributed by atoms with Crippen LogP contribution in [-0.2, 0) is 12.6 Å². The van der Waals surface area contributed by atoms with Crippen LogP contribution in [0.4, 0.5) is 22.0 Å². The molecule has 1 nitrogen and oxygen atoms in total. The van der Waals surface area contributed by atoms with Crippen LogP contribution in [0.25, 0.3) is 11.1 Å². The van der Waals surface area contributed by atoms with Crippen molar-refractivity contribution in [3.05, 3.63) is 93.8 Å². The molecule has 0 radical (unpaired) electrons. The van der Waals surface area contributed by atoms with Crippen LogP contribution in [-0.4, -0.2) is 5.11 Å². The normalized spacial score (nSPS) is 19.8. The molecule has 6 heteroatoms. The lowest BCUT2D eigenvalue weighted by Gasteiger charge is -2.48. The Morgan fingerprint density at radius 2 is 1.61 bits per heavy atom. The van der Waals surface area contributed by atoms with Crippen LogP contribution in [0.15, 0.2) is 54.6 Å². The van der Waals surface area contributed by atoms with Crippen molar-refractivity contribution in [1.29, 1.82) is 0 Å². The van der Waals surface area contributed by atoms with E-state index in [1.165, 1.54) is 24.3 Å². The van der Waals surface area contributed by atoms with E-state index in [1.807, 2.05) is 19.9 Å². The average Bonchev–Trinajstić information content (AvgIpc) is 2.81. The molecule has 190 valence electrons. The number of hydrogen-bond donors (Lipinski definition) is 1. The van der Waals surface area contributed by atoms with Gasteiger partial charge in [-0.2, -0.15) is 13.2 Å². The summed E-state index contributed by atoms with van der Waals surface area (Å²) in [5.41, 5.74) is 3.18. The van der Waals surface area contributed by atoms with E-state index in [-0.39, 0.29) is 16.9 Å². The molecule has 0 bridgehead atoms. The van der Waals surface area contributed by atoms with E-state index < -0.39 is 29.8 Å². The highest BCUT2D eigenvalue weighted by Crippen LogP contribution is 2.56. The molecule has 1 N–H and O–H groups in total. The zero-order valence-electron chi connectivity index (χ0n) is 20.3. The van der Waals surface area contributed by atoms with Gasteiger partial charge < -0.3 is 5.11 Å². The molecule has 1 fully saturated rings. The molecule has 1 spiro atoms. The maximum Gasteiger partial charge on any atom is 0.416 e. The molecule has 2 atom stereocenters. The first-order valence-corrected chi connectivity index (χ1v) is 12.4. The molecule has 0 amide bonds. The van der Waals surface area contributed by atoms with Crippen molar-refractivity contribution >= 4 is 0 Å². The van der Waals surface area contributed by atoms with Crippen molar-refractivity contribution in [2.45, 2.75) is 70.3 Å². The van der Waals surface area contributed by atoms with Crippen LogP contribution in [0, 0.1) is 11.2 Å². The Bertz CT molecular complexity index is 1250. The van der Waals surface area contributed by atoms with Gasteiger partial charge in [0.25, 0.3) is 0 Å². The van der Waals surface area contributed by atoms with Gasteiger partial charge in [0, 0.05) is 5.56 Å². The van der Waals surface area contributed by atoms with Crippen molar-refractivity contribution < 1.29 is 27.1 Å². The first-order valence-electron chi connectivity index (χ1n) is 12.4. The van der Waals surface area contributed by atoms with Gasteiger partial charge in [0.2, 0.25) is 0 Å². The average molecular weight is 501 g/mol. The highest BCUT2D eigenvalue weighted by molar-refractivity contribution is 5.76. The summed E-state index contributed by atoms with van der Waals surface area (Å²) in [6, 6.07) is 11.9. The third kappa shape index (κ3) is 4.34. The first-order chi connectivity index (χ1) is 17.0. The summed E-state index contributed by atoms with van der Waals surface area (Å²) < 4.78 is 69.6. The number of aliphatic hydroxyl groups excluding tert-OH is 1. The summed E-state index contributed by atoms with van der Waals surface area (Å²) >= 11 is 0. The Kier molecular flexibility index (Phi) is 6.22. The van der Waals surface area contributed by atoms with Crippen LogP contribution >= 0.6 is 0 Å². The lowest BCUT2D eigenvalue weighted by atomic mass is 9.58. The Hall–Kier alpha value is -2.73. The second kappa shape index (κ2) is 8.98. The van der Waals surface area contributed by atoms with Gasteiger partial charge >= 0.3 is 6.18 Å². The minimum absolute atomic E-state index is 0.0603. The van der Waals surface area contributed by atoms with Crippen LogP contribution in [0.1, 0.15) is 91.1 Å². The van der Waals surface area contributed by atoms with Gasteiger partial charge in [-0.25, -0.2) is 8.78 Å². The number of fused-ring (bicyclic) bond motifs is 1. The fraction of sp³-hybridized carbons (Fsp3) is 0.400. The Morgan fingerprint density at radius 3 is 2.14 bits per heavy atom. The monoisotopic (exact) mass is 500 g/mol. The molecule has 0 heterocycles. The molecular weight excluding hydrogens is 471 g/mol. The standard InChI is InChI=1S/C30H29F5O/c1-17(2)23-14-20-15-29(12-3-13-29)16-24(36)25(20)26(18-6-10-22(31)11-7-18)27(23)28(32)19-4-8-21(9-5-19)30(33,34)35/h4-11,14,17,24,28,36H,3,12-13,15-16H2,1-2H3/t24-,28-/m0/s1. The molecule has 0 unspecified atom stereocenters. The first kappa shape index (κ1) is 24.9. The molecule has 0 saturated heterocycles. The molecule has 1 saturated carbocycles. The topological polar surface area (TPSA) is 20.2 Å². The summed E-state index contributed by atoms with van der Waals surface area (Å²) in [5, 5.41) is 11.4. The number of aliphatic hydroxyl groups is 1. The van der Waals surface area contributed by atoms with Crippen LogP contribution in [0.3, 0.4) is 0 Å². The lowest BCUT2D eigenvalue weighted by Crippen LogP contribution is -2.37. The highest BCUT2D eigenvalue weighted by atomic mass is 19.4. The van der Waals surface area contributed by atoms with Crippen molar-refractivity contribution in [2.24, 2.45) is 5.41 Å². The summed E-state index contributed by atoms with van der Waals surface area (Å²) in [4.78, 5) is 0. The Balaban J connectivity index is 1.74. The Labute approximate surface area is 208 Å². The van der Waals surface area contributed by atoms with Gasteiger partial charge in [0.05, 0.1) is 11.7 Å². The molecule has 0 aromatic heterocycles. The Morgan fingerprint density at radius 1 is 0.972 bits per heavy atom. The van der Waals surface area contributed by atoms with E-state index in [9.17, 15) is 22.7 Å². The summed E-state index contributed by atoms with van der Waals surface area (Å²) in [6.45, 7) is 3.91. The van der Waals surface area contributed by atoms with Crippen molar-refractivity contribution in [3.8, 4) is 11.1 Å². The molecular formula is C30H29F5O. The number of benzene rings is 3. The molecule has 2 aliphatic carbocycles. The van der Waals surface area contributed by atoms with Crippen LogP contribution in [0.5, 0.6) is 0 Å². The summed E-state index contributed by atoms with van der Waals surface area (Å²) in [5.74, 6) is -0.503. The number of halogens is 5. The number of alkyl halides is 4. The predicted molar refractivity (Wildman–Crippen MR) is 130 cm³/mol. The zero-order chi connectivity index (χ0) is 25.8. The van der Waals surface area contributed by atoms with Gasteiger partial charge in [-0.3, -0.25) is 0 Å². The second-order valence-electron chi connectivity index (χ2n) is 10.7. The van der Waals surface area contributed by atoms with E-state index in [0.717, 1.165) is 48.9 Å². The molecule has 5 rings (SSSR count). The summed E-state index contributed by atoms with van der Waals surface area (Å²) in [6.07, 6.45) is -2.42. The molecule has 3 aromatic carbocycles. The van der Waals surface area contributed by atoms with Crippen LogP contribution < -0.4 is 0 Å². The maximum absolute atomic E-state index is 16.4. The van der Waals surface area contributed by atoms with Crippen LogP contribution in [0.2, 0.25) is 0 Å². The highest BCUT2D eigenvalue weighted by Gasteiger charge is 2.45. The maximum atomic E-state index is 16.4. The van der Waals surface area contributed by atoms with E-state index in [2.05, 4.69) is 0 Å². The second-order valence-corrected chi connectivity index (χ2v) is 10.7. The predicted octanol–water partition coefficient (Wildman–Crippen LogP) is 8.84. The van der Waals surface area contributed by atoms with E-state index in [0.29, 0.717) is 28.7 Å². The van der Waals surface area contributed by atoms with Gasteiger partial charge in [0.15, 0.2) is 6.17 Å². The minimum atomic E-state index is -4.51. The van der Waals surface area contributed by atoms with Crippen molar-refractivity contribution in [2.75, 3.05) is 0 Å². The van der Waals surface area contributed by atoms with E-state index >= 15 is 4.39 Å². The molecule has 36 heavy (non-hydrogen) atoms. The van der Waals surface area contributed by atoms with Gasteiger partial charge in [0.1, 0.15) is 5.82 Å². The molecule has 2 aliphatic rings. The van der Waals surface area contributed by atoms with Crippen molar-refractivity contribution in [3.63, 3.8) is 0 Å². The van der Waals surface area contributed by atoms with Gasteiger partial charge in [-0.1, -0.05) is 50.6 Å². The van der Waals surface area contributed by atoms with Gasteiger partial charge in [-0.15, -0.1) is 0 Å². The molecule has 0 aliphatic heterocycles. The summed E-state index contributed by atoms with van der Waals surface area (Å²) in [7, 11) is 0. The quantitative estimate of drug-likeness (QED) is 0.355. The number of hydrogen-bond acceptors (Lipinski definition) is 1. The minimum Gasteiger partial charge on any atom is -0.388 e. The lowest BCUT2D eigenvalue weighted by molar-refractivity contribution is -0.137. The smallest absolute Gasteiger partial charge is 0.388 e. The third-order valence-corrected chi connectivity index (χ3v) is 8.00. The third-order valence-electron chi connectivity index (χ3n) is 8.00.